The molecule has 2 aromatic heterocycles. The molecule has 1 aliphatic heterocycles. The summed E-state index contributed by atoms with van der Waals surface area (Å²) < 4.78 is 5.88. The summed E-state index contributed by atoms with van der Waals surface area (Å²) in [5, 5.41) is 3.05. The fourth-order valence-corrected chi connectivity index (χ4v) is 4.08. The number of nitrogens with zero attached hydrogens (tertiary/aromatic N) is 4. The number of pyridine rings is 1. The van der Waals surface area contributed by atoms with Crippen molar-refractivity contribution >= 4 is 22.8 Å². The van der Waals surface area contributed by atoms with Crippen LogP contribution in [0.5, 0.6) is 0 Å². The van der Waals surface area contributed by atoms with Crippen LogP contribution in [0, 0.1) is 5.92 Å². The number of aromatic nitrogens is 2. The van der Waals surface area contributed by atoms with Crippen LogP contribution >= 0.6 is 0 Å². The van der Waals surface area contributed by atoms with Gasteiger partial charge in [-0.15, -0.1) is 0 Å². The topological polar surface area (TPSA) is 74.5 Å². The van der Waals surface area contributed by atoms with Gasteiger partial charge in [0, 0.05) is 44.5 Å². The normalized spacial score (nSPS) is 16.9. The van der Waals surface area contributed by atoms with Crippen LogP contribution in [0.3, 0.4) is 0 Å². The molecule has 0 saturated carbocycles. The van der Waals surface area contributed by atoms with Crippen LogP contribution in [0.4, 0.5) is 5.69 Å². The molecule has 1 fully saturated rings. The molecule has 0 radical (unpaired) electrons. The van der Waals surface area contributed by atoms with Gasteiger partial charge in [-0.1, -0.05) is 44.2 Å². The number of rotatable bonds is 8. The lowest BCUT2D eigenvalue weighted by Crippen LogP contribution is -2.45. The number of oxazole rings is 1. The van der Waals surface area contributed by atoms with E-state index in [0.29, 0.717) is 34.3 Å². The van der Waals surface area contributed by atoms with E-state index in [1.165, 1.54) is 0 Å². The Labute approximate surface area is 201 Å². The number of nitrogens with one attached hydrogen (secondary N) is 1. The van der Waals surface area contributed by atoms with Crippen molar-refractivity contribution in [1.29, 1.82) is 0 Å². The van der Waals surface area contributed by atoms with E-state index in [4.69, 9.17) is 4.42 Å². The van der Waals surface area contributed by atoms with Crippen LogP contribution in [0.25, 0.3) is 22.7 Å². The zero-order chi connectivity index (χ0) is 23.9. The highest BCUT2D eigenvalue weighted by Crippen LogP contribution is 2.29. The minimum absolute atomic E-state index is 0.147. The number of hydrogen-bond donors (Lipinski definition) is 1. The van der Waals surface area contributed by atoms with E-state index in [1.807, 2.05) is 55.5 Å². The average molecular weight is 460 g/mol. The Morgan fingerprint density at radius 1 is 1.18 bits per heavy atom. The molecule has 1 aromatic carbocycles. The van der Waals surface area contributed by atoms with Crippen molar-refractivity contribution in [3.63, 3.8) is 0 Å². The van der Waals surface area contributed by atoms with Gasteiger partial charge in [-0.2, -0.15) is 4.98 Å². The Bertz CT molecular complexity index is 1140. The largest absolute Gasteiger partial charge is 0.434 e. The molecule has 1 aliphatic rings. The molecule has 4 rings (SSSR count). The predicted molar refractivity (Wildman–Crippen MR) is 136 cm³/mol. The summed E-state index contributed by atoms with van der Waals surface area (Å²) >= 11 is 0. The number of para-hydroxylation sites is 1. The number of piperazine rings is 1. The molecule has 3 heterocycles. The summed E-state index contributed by atoms with van der Waals surface area (Å²) in [4.78, 5) is 26.8. The zero-order valence-electron chi connectivity index (χ0n) is 20.2. The van der Waals surface area contributed by atoms with Crippen molar-refractivity contribution < 1.29 is 9.21 Å². The number of benzene rings is 1. The molecule has 7 nitrogen and oxygen atoms in total. The molecular formula is C27H33N5O2. The van der Waals surface area contributed by atoms with Crippen molar-refractivity contribution in [3.05, 3.63) is 66.4 Å². The lowest BCUT2D eigenvalue weighted by Gasteiger charge is -2.33. The Morgan fingerprint density at radius 2 is 1.97 bits per heavy atom. The van der Waals surface area contributed by atoms with Gasteiger partial charge in [-0.3, -0.25) is 4.79 Å². The molecule has 1 unspecified atom stereocenters. The Balaban J connectivity index is 1.46. The second kappa shape index (κ2) is 11.2. The fraction of sp³-hybridized carbons (Fsp3) is 0.370. The molecule has 3 aromatic rings. The van der Waals surface area contributed by atoms with Gasteiger partial charge >= 0.3 is 0 Å². The number of likely N-dealkylation sites (N-methyl/N-ethyl adjacent to an activating group) is 1. The Kier molecular flexibility index (Phi) is 7.87. The smallest absolute Gasteiger partial charge is 0.255 e. The summed E-state index contributed by atoms with van der Waals surface area (Å²) in [6, 6.07) is 11.2. The molecule has 178 valence electrons. The van der Waals surface area contributed by atoms with Crippen molar-refractivity contribution in [3.8, 4) is 11.5 Å². The molecule has 1 N–H and O–H groups in total. The van der Waals surface area contributed by atoms with Crippen LogP contribution < -0.4 is 5.32 Å². The molecule has 1 saturated heterocycles. The minimum Gasteiger partial charge on any atom is -0.434 e. The van der Waals surface area contributed by atoms with E-state index in [9.17, 15) is 4.79 Å². The van der Waals surface area contributed by atoms with E-state index >= 15 is 0 Å². The van der Waals surface area contributed by atoms with Gasteiger partial charge in [0.2, 0.25) is 5.89 Å². The summed E-state index contributed by atoms with van der Waals surface area (Å²) in [7, 11) is 2.17. The third-order valence-electron chi connectivity index (χ3n) is 6.00. The number of carbonyl (C=O) groups excluding carboxylic acids is 1. The third kappa shape index (κ3) is 5.98. The molecule has 34 heavy (non-hydrogen) atoms. The van der Waals surface area contributed by atoms with Crippen LogP contribution in [0.2, 0.25) is 0 Å². The van der Waals surface area contributed by atoms with Gasteiger partial charge in [-0.25, -0.2) is 4.98 Å². The average Bonchev–Trinajstić information content (AvgIpc) is 3.27. The molecule has 0 bridgehead atoms. The lowest BCUT2D eigenvalue weighted by atomic mass is 10.1. The fourth-order valence-electron chi connectivity index (χ4n) is 4.08. The number of anilines is 1. The van der Waals surface area contributed by atoms with Gasteiger partial charge in [0.25, 0.3) is 5.91 Å². The maximum atomic E-state index is 13.2. The van der Waals surface area contributed by atoms with Gasteiger partial charge in [0.05, 0.1) is 11.3 Å². The number of amides is 1. The van der Waals surface area contributed by atoms with Gasteiger partial charge in [0.1, 0.15) is 0 Å². The molecule has 1 amide bonds. The van der Waals surface area contributed by atoms with Gasteiger partial charge in [-0.05, 0) is 43.7 Å². The summed E-state index contributed by atoms with van der Waals surface area (Å²) in [6.45, 7) is 9.63. The standard InChI is InChI=1S/C27H33N5O2/c1-4-8-21(13-12-20(2)19-32-17-15-31(3)16-18-32)26(33)29-23-10-6-5-9-22(23)27-30-25-24(34-27)11-7-14-28-25/h5-14,20H,4,15-19H2,1-3H3,(H,29,33)/b13-12-,21-8+. The van der Waals surface area contributed by atoms with Gasteiger partial charge in [0.15, 0.2) is 11.2 Å². The van der Waals surface area contributed by atoms with E-state index in [0.717, 1.165) is 44.7 Å². The number of fused-ring (bicyclic) bond motifs is 1. The first-order chi connectivity index (χ1) is 16.5. The highest BCUT2D eigenvalue weighted by atomic mass is 16.3. The second-order valence-corrected chi connectivity index (χ2v) is 8.85. The van der Waals surface area contributed by atoms with Crippen LogP contribution in [0.15, 0.2) is 70.8 Å². The summed E-state index contributed by atoms with van der Waals surface area (Å²) in [5.41, 5.74) is 3.18. The second-order valence-electron chi connectivity index (χ2n) is 8.85. The zero-order valence-corrected chi connectivity index (χ0v) is 20.2. The molecule has 0 spiro atoms. The van der Waals surface area contributed by atoms with E-state index in [2.05, 4.69) is 45.1 Å². The van der Waals surface area contributed by atoms with Crippen molar-refractivity contribution in [2.24, 2.45) is 5.92 Å². The first kappa shape index (κ1) is 23.9. The molecule has 1 atom stereocenters. The summed E-state index contributed by atoms with van der Waals surface area (Å²) in [5.74, 6) is 0.643. The molecular weight excluding hydrogens is 426 g/mol. The Morgan fingerprint density at radius 3 is 2.74 bits per heavy atom. The quantitative estimate of drug-likeness (QED) is 0.392. The van der Waals surface area contributed by atoms with Crippen molar-refractivity contribution in [2.75, 3.05) is 45.1 Å². The minimum atomic E-state index is -0.147. The van der Waals surface area contributed by atoms with Crippen LogP contribution in [0.1, 0.15) is 20.3 Å². The third-order valence-corrected chi connectivity index (χ3v) is 6.00. The van der Waals surface area contributed by atoms with E-state index < -0.39 is 0 Å². The summed E-state index contributed by atoms with van der Waals surface area (Å²) in [6.07, 6.45) is 8.50. The molecule has 0 aliphatic carbocycles. The lowest BCUT2D eigenvalue weighted by molar-refractivity contribution is -0.112. The van der Waals surface area contributed by atoms with Crippen LogP contribution in [-0.4, -0.2) is 65.4 Å². The maximum Gasteiger partial charge on any atom is 0.255 e. The van der Waals surface area contributed by atoms with Crippen molar-refractivity contribution in [1.82, 2.24) is 19.8 Å². The van der Waals surface area contributed by atoms with E-state index in [-0.39, 0.29) is 5.91 Å². The first-order valence-corrected chi connectivity index (χ1v) is 11.9. The maximum absolute atomic E-state index is 13.2. The van der Waals surface area contributed by atoms with Gasteiger partial charge < -0.3 is 19.5 Å². The van der Waals surface area contributed by atoms with Crippen LogP contribution in [-0.2, 0) is 4.79 Å². The number of carbonyl (C=O) groups is 1. The monoisotopic (exact) mass is 459 g/mol. The number of allylic oxidation sites excluding steroid dienone is 1. The highest BCUT2D eigenvalue weighted by molar-refractivity contribution is 6.07. The first-order valence-electron chi connectivity index (χ1n) is 11.9. The highest BCUT2D eigenvalue weighted by Gasteiger charge is 2.17. The van der Waals surface area contributed by atoms with Crippen molar-refractivity contribution in [2.45, 2.75) is 20.3 Å². The van der Waals surface area contributed by atoms with E-state index in [1.54, 1.807) is 6.20 Å². The molecule has 7 heteroatoms. The Hall–Kier alpha value is -3.29. The predicted octanol–water partition coefficient (Wildman–Crippen LogP) is 4.60. The SMILES string of the molecule is CC/C=C(\C=C/C(C)CN1CCN(C)CC1)C(=O)Nc1ccccc1-c1nc2ncccc2o1. The number of hydrogen-bond acceptors (Lipinski definition) is 6.